The summed E-state index contributed by atoms with van der Waals surface area (Å²) in [6, 6.07) is 3.18. The molecular weight excluding hydrogens is 359 g/mol. The van der Waals surface area contributed by atoms with E-state index in [1.807, 2.05) is 0 Å². The van der Waals surface area contributed by atoms with Crippen molar-refractivity contribution in [1.29, 1.82) is 0 Å². The van der Waals surface area contributed by atoms with E-state index in [2.05, 4.69) is 20.7 Å². The third kappa shape index (κ3) is 3.01. The highest BCUT2D eigenvalue weighted by atomic mass is 79.9. The van der Waals surface area contributed by atoms with Crippen LogP contribution in [0.15, 0.2) is 23.1 Å². The maximum atomic E-state index is 12.8. The first-order chi connectivity index (χ1) is 9.11. The van der Waals surface area contributed by atoms with Crippen molar-refractivity contribution >= 4 is 26.0 Å². The molecule has 0 atom stereocenters. The molecule has 0 spiro atoms. The molecule has 0 heterocycles. The Morgan fingerprint density at radius 2 is 1.95 bits per heavy atom. The minimum Gasteiger partial charge on any atom is -0.207 e. The van der Waals surface area contributed by atoms with E-state index in [1.54, 1.807) is 0 Å². The molecule has 0 unspecified atom stereocenters. The van der Waals surface area contributed by atoms with Crippen molar-refractivity contribution in [2.45, 2.75) is 36.4 Å². The van der Waals surface area contributed by atoms with Crippen LogP contribution in [-0.4, -0.2) is 19.3 Å². The monoisotopic (exact) mass is 371 g/mol. The Morgan fingerprint density at radius 3 is 2.40 bits per heavy atom. The molecule has 1 aromatic carbocycles. The number of benzene rings is 1. The van der Waals surface area contributed by atoms with E-state index in [4.69, 9.17) is 0 Å². The third-order valence-corrected chi connectivity index (χ3v) is 6.14. The Kier molecular flexibility index (Phi) is 3.94. The molecule has 0 saturated heterocycles. The van der Waals surface area contributed by atoms with Crippen LogP contribution in [-0.2, 0) is 16.2 Å². The Morgan fingerprint density at radius 1 is 1.35 bits per heavy atom. The highest BCUT2D eigenvalue weighted by molar-refractivity contribution is 9.09. The van der Waals surface area contributed by atoms with Crippen molar-refractivity contribution in [3.63, 3.8) is 0 Å². The zero-order valence-corrected chi connectivity index (χ0v) is 13.0. The highest BCUT2D eigenvalue weighted by Crippen LogP contribution is 2.39. The third-order valence-electron chi connectivity index (χ3n) is 3.34. The number of hydrogen-bond acceptors (Lipinski definition) is 2. The average Bonchev–Trinajstić information content (AvgIpc) is 3.07. The molecule has 0 amide bonds. The molecule has 1 N–H and O–H groups in total. The summed E-state index contributed by atoms with van der Waals surface area (Å²) in [4.78, 5) is -0.320. The zero-order valence-electron chi connectivity index (χ0n) is 10.6. The minimum atomic E-state index is -4.57. The van der Waals surface area contributed by atoms with E-state index in [0.29, 0.717) is 18.2 Å². The molecule has 1 aliphatic rings. The molecule has 20 heavy (non-hydrogen) atoms. The lowest BCUT2D eigenvalue weighted by atomic mass is 10.1. The lowest BCUT2D eigenvalue weighted by molar-refractivity contribution is -0.138. The summed E-state index contributed by atoms with van der Waals surface area (Å²) < 4.78 is 65.4. The first-order valence-corrected chi connectivity index (χ1v) is 8.49. The van der Waals surface area contributed by atoms with Gasteiger partial charge < -0.3 is 0 Å². The van der Waals surface area contributed by atoms with Crippen molar-refractivity contribution < 1.29 is 21.6 Å². The van der Waals surface area contributed by atoms with Crippen molar-refractivity contribution in [3.8, 4) is 0 Å². The van der Waals surface area contributed by atoms with Crippen LogP contribution in [0, 0.1) is 6.92 Å². The largest absolute Gasteiger partial charge is 0.416 e. The van der Waals surface area contributed by atoms with Gasteiger partial charge in [-0.1, -0.05) is 22.0 Å². The van der Waals surface area contributed by atoms with Gasteiger partial charge in [0.15, 0.2) is 0 Å². The van der Waals surface area contributed by atoms with E-state index in [0.717, 1.165) is 12.1 Å². The summed E-state index contributed by atoms with van der Waals surface area (Å²) >= 11 is 3.22. The molecule has 0 bridgehead atoms. The van der Waals surface area contributed by atoms with Gasteiger partial charge in [-0.05, 0) is 37.5 Å². The molecule has 112 valence electrons. The smallest absolute Gasteiger partial charge is 0.207 e. The fraction of sp³-hybridized carbons (Fsp3) is 0.500. The predicted octanol–water partition coefficient (Wildman–Crippen LogP) is 3.22. The van der Waals surface area contributed by atoms with Crippen LogP contribution in [0.25, 0.3) is 0 Å². The summed E-state index contributed by atoms with van der Waals surface area (Å²) in [5.41, 5.74) is -1.76. The van der Waals surface area contributed by atoms with E-state index in [-0.39, 0.29) is 10.5 Å². The number of hydrogen-bond donors (Lipinski definition) is 1. The Hall–Kier alpha value is -0.600. The van der Waals surface area contributed by atoms with E-state index in [9.17, 15) is 21.6 Å². The van der Waals surface area contributed by atoms with E-state index >= 15 is 0 Å². The Bertz CT molecular complexity index is 624. The van der Waals surface area contributed by atoms with Crippen LogP contribution in [0.2, 0.25) is 0 Å². The van der Waals surface area contributed by atoms with Crippen LogP contribution in [0.1, 0.15) is 24.0 Å². The van der Waals surface area contributed by atoms with Gasteiger partial charge in [-0.25, -0.2) is 13.1 Å². The second-order valence-corrected chi connectivity index (χ2v) is 7.16. The molecule has 0 aliphatic heterocycles. The first kappa shape index (κ1) is 15.8. The van der Waals surface area contributed by atoms with Crippen LogP contribution in [0.5, 0.6) is 0 Å². The van der Waals surface area contributed by atoms with Crippen LogP contribution in [0.3, 0.4) is 0 Å². The summed E-state index contributed by atoms with van der Waals surface area (Å²) in [6.07, 6.45) is -3.21. The van der Waals surface area contributed by atoms with Crippen molar-refractivity contribution in [2.75, 3.05) is 5.33 Å². The van der Waals surface area contributed by atoms with Crippen LogP contribution in [0.4, 0.5) is 13.2 Å². The normalized spacial score (nSPS) is 18.1. The topological polar surface area (TPSA) is 46.2 Å². The van der Waals surface area contributed by atoms with Gasteiger partial charge in [0.2, 0.25) is 10.0 Å². The first-order valence-electron chi connectivity index (χ1n) is 5.88. The van der Waals surface area contributed by atoms with Crippen LogP contribution >= 0.6 is 15.9 Å². The Balaban J connectivity index is 2.43. The molecule has 1 saturated carbocycles. The van der Waals surface area contributed by atoms with Crippen LogP contribution < -0.4 is 4.72 Å². The highest BCUT2D eigenvalue weighted by Gasteiger charge is 2.45. The predicted molar refractivity (Wildman–Crippen MR) is 72.3 cm³/mol. The number of sulfonamides is 1. The lowest BCUT2D eigenvalue weighted by Crippen LogP contribution is -2.38. The number of nitrogens with one attached hydrogen (secondary N) is 1. The molecule has 0 aromatic heterocycles. The molecule has 1 fully saturated rings. The average molecular weight is 372 g/mol. The second kappa shape index (κ2) is 4.99. The van der Waals surface area contributed by atoms with Gasteiger partial charge in [0, 0.05) is 10.9 Å². The number of rotatable bonds is 4. The molecule has 1 aromatic rings. The molecule has 8 heteroatoms. The standard InChI is InChI=1S/C12H13BrF3NO2S/c1-8-9(12(14,15)16)3-2-4-10(8)20(18,19)17-11(7-13)5-6-11/h2-4,17H,5-7H2,1H3. The maximum Gasteiger partial charge on any atom is 0.416 e. The molecular formula is C12H13BrF3NO2S. The molecule has 0 radical (unpaired) electrons. The van der Waals surface area contributed by atoms with E-state index in [1.165, 1.54) is 13.0 Å². The fourth-order valence-corrected chi connectivity index (χ4v) is 4.58. The molecule has 1 aliphatic carbocycles. The second-order valence-electron chi connectivity index (χ2n) is 4.95. The minimum absolute atomic E-state index is 0.280. The Labute approximate surface area is 123 Å². The van der Waals surface area contributed by atoms with Gasteiger partial charge in [0.1, 0.15) is 0 Å². The maximum absolute atomic E-state index is 12.8. The van der Waals surface area contributed by atoms with Crippen molar-refractivity contribution in [1.82, 2.24) is 4.72 Å². The molecule has 3 nitrogen and oxygen atoms in total. The zero-order chi connectivity index (χ0) is 15.2. The lowest BCUT2D eigenvalue weighted by Gasteiger charge is -2.18. The van der Waals surface area contributed by atoms with Gasteiger partial charge >= 0.3 is 6.18 Å². The summed E-state index contributed by atoms with van der Waals surface area (Å²) in [6.45, 7) is 1.17. The van der Waals surface area contributed by atoms with Gasteiger partial charge in [-0.2, -0.15) is 13.2 Å². The fourth-order valence-electron chi connectivity index (χ4n) is 1.97. The van der Waals surface area contributed by atoms with Crippen molar-refractivity contribution in [2.24, 2.45) is 0 Å². The SMILES string of the molecule is Cc1c(C(F)(F)F)cccc1S(=O)(=O)NC1(CBr)CC1. The van der Waals surface area contributed by atoms with Gasteiger partial charge in [0.05, 0.1) is 10.5 Å². The number of alkyl halides is 4. The van der Waals surface area contributed by atoms with Gasteiger partial charge in [-0.3, -0.25) is 0 Å². The van der Waals surface area contributed by atoms with E-state index < -0.39 is 27.3 Å². The van der Waals surface area contributed by atoms with Crippen molar-refractivity contribution in [3.05, 3.63) is 29.3 Å². The molecule has 2 rings (SSSR count). The summed E-state index contributed by atoms with van der Waals surface area (Å²) in [5.74, 6) is 0. The van der Waals surface area contributed by atoms with Gasteiger partial charge in [-0.15, -0.1) is 0 Å². The number of halogens is 4. The summed E-state index contributed by atoms with van der Waals surface area (Å²) in [7, 11) is -3.96. The van der Waals surface area contributed by atoms with Gasteiger partial charge in [0.25, 0.3) is 0 Å². The summed E-state index contributed by atoms with van der Waals surface area (Å²) in [5, 5.41) is 0.442. The quantitative estimate of drug-likeness (QED) is 0.826.